The number of Topliss-reactive ketones (excluding diaryl/α,β-unsaturated/α-hetero) is 2. The van der Waals surface area contributed by atoms with Crippen LogP contribution in [0.4, 0.5) is 17.1 Å². The molecule has 0 atom stereocenters. The van der Waals surface area contributed by atoms with Crippen molar-refractivity contribution in [1.82, 2.24) is 0 Å². The summed E-state index contributed by atoms with van der Waals surface area (Å²) >= 11 is 0. The highest BCUT2D eigenvalue weighted by atomic mass is 16.2. The molecule has 2 aliphatic rings. The molecule has 0 aromatic heterocycles. The van der Waals surface area contributed by atoms with E-state index in [1.165, 1.54) is 33.4 Å². The number of allylic oxidation sites excluding steroid dienone is 1. The Hall–Kier alpha value is -5.54. The SMILES string of the molecule is CC(C)(C)c1ccc(N(c2ccc(C(C)(C)C)cc2)c2ccc3c(c2)CCc2cc(C=C4C(=O)c5cc6ccccc6cc5C4=O)ccc2-3)cc1. The molecule has 0 heterocycles. The van der Waals surface area contributed by atoms with Crippen LogP contribution in [0.25, 0.3) is 28.0 Å². The van der Waals surface area contributed by atoms with E-state index < -0.39 is 0 Å². The predicted octanol–water partition coefficient (Wildman–Crippen LogP) is 12.1. The third-order valence-corrected chi connectivity index (χ3v) is 10.6. The predicted molar refractivity (Wildman–Crippen MR) is 212 cm³/mol. The first-order valence-electron chi connectivity index (χ1n) is 18.0. The summed E-state index contributed by atoms with van der Waals surface area (Å²) in [5.41, 5.74) is 13.3. The van der Waals surface area contributed by atoms with Gasteiger partial charge in [0.15, 0.2) is 11.6 Å². The lowest BCUT2D eigenvalue weighted by Gasteiger charge is -2.29. The molecule has 6 aromatic carbocycles. The Morgan fingerprint density at radius 1 is 0.490 bits per heavy atom. The molecule has 51 heavy (non-hydrogen) atoms. The highest BCUT2D eigenvalue weighted by Crippen LogP contribution is 2.42. The number of carbonyl (C=O) groups excluding carboxylic acids is 2. The van der Waals surface area contributed by atoms with Crippen LogP contribution in [0.1, 0.15) is 90.1 Å². The molecule has 0 bridgehead atoms. The summed E-state index contributed by atoms with van der Waals surface area (Å²) in [6, 6.07) is 42.7. The fourth-order valence-electron chi connectivity index (χ4n) is 7.61. The zero-order valence-electron chi connectivity index (χ0n) is 30.3. The van der Waals surface area contributed by atoms with Gasteiger partial charge in [-0.25, -0.2) is 0 Å². The summed E-state index contributed by atoms with van der Waals surface area (Å²) < 4.78 is 0. The lowest BCUT2D eigenvalue weighted by molar-refractivity contribution is 0.0990. The van der Waals surface area contributed by atoms with Crippen LogP contribution >= 0.6 is 0 Å². The number of aryl methyl sites for hydroxylation is 2. The zero-order valence-corrected chi connectivity index (χ0v) is 30.3. The fourth-order valence-corrected chi connectivity index (χ4v) is 7.61. The normalized spacial score (nSPS) is 14.0. The van der Waals surface area contributed by atoms with E-state index in [-0.39, 0.29) is 28.0 Å². The van der Waals surface area contributed by atoms with E-state index in [0.717, 1.165) is 46.2 Å². The molecule has 252 valence electrons. The van der Waals surface area contributed by atoms with Crippen molar-refractivity contribution in [3.63, 3.8) is 0 Å². The maximum absolute atomic E-state index is 13.4. The smallest absolute Gasteiger partial charge is 0.197 e. The minimum atomic E-state index is -0.193. The second-order valence-electron chi connectivity index (χ2n) is 16.1. The van der Waals surface area contributed by atoms with Crippen LogP contribution in [-0.4, -0.2) is 11.6 Å². The van der Waals surface area contributed by atoms with Gasteiger partial charge in [0.2, 0.25) is 0 Å². The molecule has 8 rings (SSSR count). The monoisotopic (exact) mass is 665 g/mol. The number of hydrogen-bond acceptors (Lipinski definition) is 3. The third-order valence-electron chi connectivity index (χ3n) is 10.6. The second kappa shape index (κ2) is 12.1. The van der Waals surface area contributed by atoms with Gasteiger partial charge >= 0.3 is 0 Å². The maximum Gasteiger partial charge on any atom is 0.197 e. The quantitative estimate of drug-likeness (QED) is 0.139. The van der Waals surface area contributed by atoms with Gasteiger partial charge in [-0.05, 0) is 128 Å². The lowest BCUT2D eigenvalue weighted by Crippen LogP contribution is -2.15. The summed E-state index contributed by atoms with van der Waals surface area (Å²) in [6.07, 6.45) is 3.57. The van der Waals surface area contributed by atoms with Crippen LogP contribution in [0.2, 0.25) is 0 Å². The van der Waals surface area contributed by atoms with Gasteiger partial charge in [0.25, 0.3) is 0 Å². The lowest BCUT2D eigenvalue weighted by atomic mass is 9.84. The van der Waals surface area contributed by atoms with Crippen LogP contribution in [-0.2, 0) is 23.7 Å². The van der Waals surface area contributed by atoms with E-state index in [1.54, 1.807) is 6.08 Å². The van der Waals surface area contributed by atoms with Gasteiger partial charge in [0.05, 0.1) is 5.57 Å². The first kappa shape index (κ1) is 32.7. The van der Waals surface area contributed by atoms with Crippen molar-refractivity contribution in [2.24, 2.45) is 0 Å². The van der Waals surface area contributed by atoms with E-state index in [1.807, 2.05) is 42.5 Å². The van der Waals surface area contributed by atoms with E-state index in [4.69, 9.17) is 0 Å². The molecule has 0 fully saturated rings. The molecule has 3 nitrogen and oxygen atoms in total. The van der Waals surface area contributed by atoms with Gasteiger partial charge in [0.1, 0.15) is 0 Å². The molecular formula is C48H43NO2. The maximum atomic E-state index is 13.4. The number of benzene rings is 6. The number of nitrogens with zero attached hydrogens (tertiary/aromatic N) is 1. The number of rotatable bonds is 4. The Morgan fingerprint density at radius 3 is 1.43 bits per heavy atom. The van der Waals surface area contributed by atoms with Crippen molar-refractivity contribution in [1.29, 1.82) is 0 Å². The minimum absolute atomic E-state index is 0.0789. The molecule has 0 amide bonds. The van der Waals surface area contributed by atoms with E-state index in [0.29, 0.717) is 11.1 Å². The van der Waals surface area contributed by atoms with Crippen LogP contribution in [0.5, 0.6) is 0 Å². The van der Waals surface area contributed by atoms with Crippen molar-refractivity contribution in [3.8, 4) is 11.1 Å². The van der Waals surface area contributed by atoms with Gasteiger partial charge in [0, 0.05) is 28.2 Å². The molecule has 0 N–H and O–H groups in total. The van der Waals surface area contributed by atoms with Gasteiger partial charge in [-0.1, -0.05) is 114 Å². The molecule has 3 heteroatoms. The second-order valence-corrected chi connectivity index (χ2v) is 16.1. The summed E-state index contributed by atoms with van der Waals surface area (Å²) in [6.45, 7) is 13.5. The van der Waals surface area contributed by atoms with E-state index >= 15 is 0 Å². The number of hydrogen-bond donors (Lipinski definition) is 0. The van der Waals surface area contributed by atoms with Gasteiger partial charge < -0.3 is 4.90 Å². The average Bonchev–Trinajstić information content (AvgIpc) is 3.34. The average molecular weight is 666 g/mol. The first-order chi connectivity index (χ1) is 24.3. The molecule has 0 saturated heterocycles. The minimum Gasteiger partial charge on any atom is -0.310 e. The highest BCUT2D eigenvalue weighted by molar-refractivity contribution is 6.42. The Balaban J connectivity index is 1.13. The standard InChI is InChI=1S/C48H43NO2/c1-47(2,3)35-14-18-37(19-15-35)49(38-20-16-36(17-21-38)48(4,5)6)39-22-24-41-34(27-39)13-12-33-25-30(11-23-40(33)41)26-44-45(50)42-28-31-9-7-8-10-32(31)29-43(42)46(44)51/h7-11,14-29H,12-13H2,1-6H3. The van der Waals surface area contributed by atoms with Crippen molar-refractivity contribution >= 4 is 45.5 Å². The number of fused-ring (bicyclic) bond motifs is 5. The summed E-state index contributed by atoms with van der Waals surface area (Å²) in [4.78, 5) is 29.2. The summed E-state index contributed by atoms with van der Waals surface area (Å²) in [7, 11) is 0. The number of anilines is 3. The van der Waals surface area contributed by atoms with Gasteiger partial charge in [-0.3, -0.25) is 9.59 Å². The molecule has 0 radical (unpaired) electrons. The fraction of sp³-hybridized carbons (Fsp3) is 0.208. The Morgan fingerprint density at radius 2 is 0.941 bits per heavy atom. The van der Waals surface area contributed by atoms with Crippen molar-refractivity contribution in [3.05, 3.63) is 166 Å². The number of carbonyl (C=O) groups is 2. The third kappa shape index (κ3) is 5.91. The van der Waals surface area contributed by atoms with E-state index in [2.05, 4.69) is 125 Å². The molecule has 6 aromatic rings. The first-order valence-corrected chi connectivity index (χ1v) is 18.0. The van der Waals surface area contributed by atoms with Crippen molar-refractivity contribution < 1.29 is 9.59 Å². The van der Waals surface area contributed by atoms with Crippen LogP contribution < -0.4 is 4.90 Å². The highest BCUT2D eigenvalue weighted by Gasteiger charge is 2.33. The Labute approximate surface area is 301 Å². The topological polar surface area (TPSA) is 37.4 Å². The summed E-state index contributed by atoms with van der Waals surface area (Å²) in [5.74, 6) is -0.385. The van der Waals surface area contributed by atoms with Crippen molar-refractivity contribution in [2.45, 2.75) is 65.2 Å². The molecule has 0 spiro atoms. The molecule has 0 unspecified atom stereocenters. The van der Waals surface area contributed by atoms with Gasteiger partial charge in [-0.2, -0.15) is 0 Å². The van der Waals surface area contributed by atoms with Gasteiger partial charge in [-0.15, -0.1) is 0 Å². The number of ketones is 2. The van der Waals surface area contributed by atoms with Crippen molar-refractivity contribution in [2.75, 3.05) is 4.90 Å². The van der Waals surface area contributed by atoms with Crippen LogP contribution in [0.3, 0.4) is 0 Å². The Kier molecular flexibility index (Phi) is 7.72. The van der Waals surface area contributed by atoms with E-state index in [9.17, 15) is 9.59 Å². The zero-order chi connectivity index (χ0) is 35.7. The molecule has 2 aliphatic carbocycles. The largest absolute Gasteiger partial charge is 0.310 e. The molecule has 0 aliphatic heterocycles. The summed E-state index contributed by atoms with van der Waals surface area (Å²) in [5, 5.41) is 1.93. The van der Waals surface area contributed by atoms with Crippen LogP contribution in [0, 0.1) is 0 Å². The van der Waals surface area contributed by atoms with Crippen LogP contribution in [0.15, 0.2) is 127 Å². The molecular weight excluding hydrogens is 623 g/mol. The Bertz CT molecular complexity index is 2280. The molecule has 0 saturated carbocycles.